The highest BCUT2D eigenvalue weighted by atomic mass is 16.3. The maximum Gasteiger partial charge on any atom is 0.170 e. The normalized spacial score (nSPS) is 16.2. The van der Waals surface area contributed by atoms with Crippen LogP contribution >= 0.6 is 0 Å². The molecule has 94 valence electrons. The molecule has 1 aromatic carbocycles. The standard InChI is InChI=1S/C13H20N2O2/c1-3-11(13(15,17)4-2)12(16)9-5-7-10(14)8-6-9/h5-8,11,17H,3-4,14-15H2,1-2H3. The monoisotopic (exact) mass is 236 g/mol. The second-order valence-corrected chi connectivity index (χ2v) is 4.29. The summed E-state index contributed by atoms with van der Waals surface area (Å²) in [5.74, 6) is -0.726. The number of hydrogen-bond acceptors (Lipinski definition) is 4. The Morgan fingerprint density at radius 2 is 1.88 bits per heavy atom. The van der Waals surface area contributed by atoms with E-state index in [0.29, 0.717) is 24.1 Å². The first kappa shape index (κ1) is 13.7. The molecular formula is C13H20N2O2. The van der Waals surface area contributed by atoms with Crippen LogP contribution < -0.4 is 11.5 Å². The molecule has 0 aliphatic rings. The summed E-state index contributed by atoms with van der Waals surface area (Å²) < 4.78 is 0. The second kappa shape index (κ2) is 5.29. The van der Waals surface area contributed by atoms with Crippen molar-refractivity contribution in [1.82, 2.24) is 0 Å². The summed E-state index contributed by atoms with van der Waals surface area (Å²) in [6.45, 7) is 3.60. The number of anilines is 1. The van der Waals surface area contributed by atoms with E-state index in [9.17, 15) is 9.90 Å². The summed E-state index contributed by atoms with van der Waals surface area (Å²) in [6, 6.07) is 6.65. The minimum atomic E-state index is -1.45. The maximum absolute atomic E-state index is 12.2. The highest BCUT2D eigenvalue weighted by molar-refractivity contribution is 5.98. The van der Waals surface area contributed by atoms with Crippen LogP contribution in [0.5, 0.6) is 0 Å². The van der Waals surface area contributed by atoms with Crippen molar-refractivity contribution in [1.29, 1.82) is 0 Å². The van der Waals surface area contributed by atoms with Crippen LogP contribution in [0, 0.1) is 5.92 Å². The maximum atomic E-state index is 12.2. The minimum Gasteiger partial charge on any atom is -0.399 e. The number of aliphatic hydroxyl groups is 1. The van der Waals surface area contributed by atoms with Crippen LogP contribution in [0.1, 0.15) is 37.0 Å². The third-order valence-electron chi connectivity index (χ3n) is 3.09. The van der Waals surface area contributed by atoms with Gasteiger partial charge in [-0.3, -0.25) is 4.79 Å². The van der Waals surface area contributed by atoms with E-state index in [1.165, 1.54) is 0 Å². The third kappa shape index (κ3) is 3.05. The van der Waals surface area contributed by atoms with Gasteiger partial charge in [-0.1, -0.05) is 13.8 Å². The van der Waals surface area contributed by atoms with Crippen LogP contribution in [-0.2, 0) is 0 Å². The van der Waals surface area contributed by atoms with E-state index in [2.05, 4.69) is 0 Å². The van der Waals surface area contributed by atoms with Gasteiger partial charge >= 0.3 is 0 Å². The lowest BCUT2D eigenvalue weighted by Crippen LogP contribution is -2.49. The van der Waals surface area contributed by atoms with Crippen molar-refractivity contribution < 1.29 is 9.90 Å². The Balaban J connectivity index is 2.98. The lowest BCUT2D eigenvalue weighted by Gasteiger charge is -2.29. The van der Waals surface area contributed by atoms with E-state index in [1.807, 2.05) is 6.92 Å². The number of rotatable bonds is 5. The number of carbonyl (C=O) groups excluding carboxylic acids is 1. The molecule has 0 fully saturated rings. The Bertz CT molecular complexity index is 385. The molecule has 0 aliphatic carbocycles. The fraction of sp³-hybridized carbons (Fsp3) is 0.462. The van der Waals surface area contributed by atoms with Crippen molar-refractivity contribution in [3.8, 4) is 0 Å². The van der Waals surface area contributed by atoms with Gasteiger partial charge in [0.05, 0.1) is 5.92 Å². The predicted octanol–water partition coefficient (Wildman–Crippen LogP) is 1.54. The molecule has 5 N–H and O–H groups in total. The molecular weight excluding hydrogens is 216 g/mol. The molecule has 1 aromatic rings. The SMILES string of the molecule is CCC(C(=O)c1ccc(N)cc1)C(N)(O)CC. The Labute approximate surface area is 102 Å². The molecule has 0 amide bonds. The van der Waals surface area contributed by atoms with Crippen LogP contribution in [0.15, 0.2) is 24.3 Å². The summed E-state index contributed by atoms with van der Waals surface area (Å²) in [5, 5.41) is 10.0. The highest BCUT2D eigenvalue weighted by Gasteiger charge is 2.35. The van der Waals surface area contributed by atoms with Gasteiger partial charge in [0.25, 0.3) is 0 Å². The number of carbonyl (C=O) groups is 1. The van der Waals surface area contributed by atoms with Crippen molar-refractivity contribution in [2.24, 2.45) is 11.7 Å². The fourth-order valence-corrected chi connectivity index (χ4v) is 1.86. The Kier molecular flexibility index (Phi) is 4.26. The number of hydrogen-bond donors (Lipinski definition) is 3. The van der Waals surface area contributed by atoms with E-state index >= 15 is 0 Å². The Hall–Kier alpha value is -1.39. The smallest absolute Gasteiger partial charge is 0.170 e. The molecule has 0 radical (unpaired) electrons. The second-order valence-electron chi connectivity index (χ2n) is 4.29. The number of benzene rings is 1. The van der Waals surface area contributed by atoms with Gasteiger partial charge in [-0.2, -0.15) is 0 Å². The number of ketones is 1. The van der Waals surface area contributed by atoms with Gasteiger partial charge in [0.1, 0.15) is 5.72 Å². The average Bonchev–Trinajstić information content (AvgIpc) is 2.30. The van der Waals surface area contributed by atoms with Gasteiger partial charge in [0, 0.05) is 11.3 Å². The number of Topliss-reactive ketones (excluding diaryl/α,β-unsaturated/α-hetero) is 1. The summed E-state index contributed by atoms with van der Waals surface area (Å²) in [7, 11) is 0. The molecule has 17 heavy (non-hydrogen) atoms. The van der Waals surface area contributed by atoms with E-state index in [-0.39, 0.29) is 5.78 Å². The van der Waals surface area contributed by atoms with Crippen LogP contribution in [0.25, 0.3) is 0 Å². The molecule has 0 heterocycles. The molecule has 1 rings (SSSR count). The van der Waals surface area contributed by atoms with E-state index in [0.717, 1.165) is 0 Å². The molecule has 0 spiro atoms. The molecule has 0 aromatic heterocycles. The Morgan fingerprint density at radius 1 is 1.35 bits per heavy atom. The molecule has 0 saturated heterocycles. The molecule has 4 nitrogen and oxygen atoms in total. The number of nitrogen functional groups attached to an aromatic ring is 1. The van der Waals surface area contributed by atoms with Crippen LogP contribution in [-0.4, -0.2) is 16.6 Å². The van der Waals surface area contributed by atoms with Gasteiger partial charge in [0.2, 0.25) is 0 Å². The van der Waals surface area contributed by atoms with Gasteiger partial charge in [0.15, 0.2) is 5.78 Å². The fourth-order valence-electron chi connectivity index (χ4n) is 1.86. The summed E-state index contributed by atoms with van der Waals surface area (Å²) in [6.07, 6.45) is 0.844. The zero-order valence-electron chi connectivity index (χ0n) is 10.3. The van der Waals surface area contributed by atoms with Gasteiger partial charge in [-0.25, -0.2) is 0 Å². The van der Waals surface area contributed by atoms with E-state index in [1.54, 1.807) is 31.2 Å². The van der Waals surface area contributed by atoms with Crippen molar-refractivity contribution in [3.63, 3.8) is 0 Å². The highest BCUT2D eigenvalue weighted by Crippen LogP contribution is 2.24. The van der Waals surface area contributed by atoms with Crippen LogP contribution in [0.3, 0.4) is 0 Å². The topological polar surface area (TPSA) is 89.3 Å². The molecule has 0 aliphatic heterocycles. The molecule has 4 heteroatoms. The lowest BCUT2D eigenvalue weighted by atomic mass is 9.85. The van der Waals surface area contributed by atoms with Crippen LogP contribution in [0.2, 0.25) is 0 Å². The third-order valence-corrected chi connectivity index (χ3v) is 3.09. The summed E-state index contributed by atoms with van der Waals surface area (Å²) >= 11 is 0. The van der Waals surface area contributed by atoms with Crippen molar-refractivity contribution in [3.05, 3.63) is 29.8 Å². The zero-order valence-corrected chi connectivity index (χ0v) is 10.3. The molecule has 2 unspecified atom stereocenters. The minimum absolute atomic E-state index is 0.139. The molecule has 0 bridgehead atoms. The largest absolute Gasteiger partial charge is 0.399 e. The molecule has 0 saturated carbocycles. The zero-order chi connectivity index (χ0) is 13.1. The number of nitrogens with two attached hydrogens (primary N) is 2. The van der Waals surface area contributed by atoms with Crippen molar-refractivity contribution in [2.75, 3.05) is 5.73 Å². The van der Waals surface area contributed by atoms with Gasteiger partial charge < -0.3 is 16.6 Å². The first-order valence-corrected chi connectivity index (χ1v) is 5.83. The summed E-state index contributed by atoms with van der Waals surface area (Å²) in [5.41, 5.74) is 11.0. The van der Waals surface area contributed by atoms with E-state index < -0.39 is 11.6 Å². The predicted molar refractivity (Wildman–Crippen MR) is 68.4 cm³/mol. The average molecular weight is 236 g/mol. The van der Waals surface area contributed by atoms with Crippen LogP contribution in [0.4, 0.5) is 5.69 Å². The van der Waals surface area contributed by atoms with Crippen molar-refractivity contribution in [2.45, 2.75) is 32.4 Å². The first-order valence-electron chi connectivity index (χ1n) is 5.83. The van der Waals surface area contributed by atoms with Gasteiger partial charge in [-0.05, 0) is 37.1 Å². The van der Waals surface area contributed by atoms with Gasteiger partial charge in [-0.15, -0.1) is 0 Å². The quantitative estimate of drug-likeness (QED) is 0.411. The van der Waals surface area contributed by atoms with E-state index in [4.69, 9.17) is 11.5 Å². The summed E-state index contributed by atoms with van der Waals surface area (Å²) in [4.78, 5) is 12.2. The van der Waals surface area contributed by atoms with Crippen molar-refractivity contribution >= 4 is 11.5 Å². The first-order chi connectivity index (χ1) is 7.92. The lowest BCUT2D eigenvalue weighted by molar-refractivity contribution is -0.00985. The molecule has 2 atom stereocenters. The Morgan fingerprint density at radius 3 is 2.29 bits per heavy atom.